The van der Waals surface area contributed by atoms with Gasteiger partial charge in [-0.05, 0) is 0 Å². The average Bonchev–Trinajstić information content (AvgIpc) is 2.64. The van der Waals surface area contributed by atoms with E-state index in [1.54, 1.807) is 0 Å². The summed E-state index contributed by atoms with van der Waals surface area (Å²) < 4.78 is 0. The molecule has 202 valence electrons. The zero-order valence-electron chi connectivity index (χ0n) is 15.4. The minimum Gasteiger partial charge on any atom is -0.479 e. The number of carboxylic acid groups (broad SMARTS) is 6. The third kappa shape index (κ3) is 21.4. The first kappa shape index (κ1) is 45.6. The molecule has 0 aromatic carbocycles. The molecule has 0 aromatic heterocycles. The Labute approximate surface area is 242 Å². The second-order valence-electron chi connectivity index (χ2n) is 4.70. The van der Waals surface area contributed by atoms with Crippen LogP contribution < -0.4 is 0 Å². The maximum absolute atomic E-state index is 9.77. The van der Waals surface area contributed by atoms with E-state index in [0.717, 1.165) is 0 Å². The van der Waals surface area contributed by atoms with Crippen molar-refractivity contribution in [1.82, 2.24) is 0 Å². The van der Waals surface area contributed by atoms with Crippen LogP contribution in [-0.2, 0) is 28.8 Å². The first-order chi connectivity index (χ1) is 13.4. The van der Waals surface area contributed by atoms with Gasteiger partial charge in [-0.15, -0.1) is 0 Å². The number of rotatable bonds is 9. The van der Waals surface area contributed by atoms with E-state index < -0.39 is 72.4 Å². The molecule has 21 heteroatoms. The van der Waals surface area contributed by atoms with E-state index in [1.165, 1.54) is 0 Å². The quantitative estimate of drug-likeness (QED) is 0.103. The molecule has 0 bridgehead atoms. The number of carbonyl (C=O) groups is 6. The molecule has 0 saturated carbocycles. The predicted octanol–water partition coefficient (Wildman–Crippen LogP) is -7.19. The van der Waals surface area contributed by atoms with Gasteiger partial charge in [0.15, 0.2) is 36.6 Å². The van der Waals surface area contributed by atoms with Crippen LogP contribution >= 0.6 is 0 Å². The van der Waals surface area contributed by atoms with Crippen molar-refractivity contribution in [3.8, 4) is 0 Å². The second-order valence-corrected chi connectivity index (χ2v) is 4.70. The first-order valence-electron chi connectivity index (χ1n) is 6.85. The molecule has 19 nitrogen and oxygen atoms in total. The Bertz CT molecular complexity index is 499. The summed E-state index contributed by atoms with van der Waals surface area (Å²) in [7, 11) is 0. The zero-order valence-corrected chi connectivity index (χ0v) is 19.5. The van der Waals surface area contributed by atoms with Gasteiger partial charge in [-0.2, -0.15) is 0 Å². The van der Waals surface area contributed by atoms with Crippen LogP contribution in [0.1, 0.15) is 0 Å². The van der Waals surface area contributed by atoms with Crippen molar-refractivity contribution in [1.29, 1.82) is 0 Å². The van der Waals surface area contributed by atoms with E-state index >= 15 is 0 Å². The summed E-state index contributed by atoms with van der Waals surface area (Å²) >= 11 is 0. The molecule has 14 N–H and O–H groups in total. The molecule has 0 fully saturated rings. The maximum atomic E-state index is 9.77. The fourth-order valence-electron chi connectivity index (χ4n) is 0.810. The summed E-state index contributed by atoms with van der Waals surface area (Å²) in [5.74, 6) is -10.6. The van der Waals surface area contributed by atoms with Crippen molar-refractivity contribution >= 4 is 35.8 Å². The number of aliphatic hydroxyl groups is 6. The van der Waals surface area contributed by atoms with Crippen molar-refractivity contribution in [2.24, 2.45) is 0 Å². The van der Waals surface area contributed by atoms with E-state index in [0.29, 0.717) is 0 Å². The third-order valence-electron chi connectivity index (χ3n) is 2.42. The van der Waals surface area contributed by atoms with Crippen LogP contribution in [0.3, 0.4) is 0 Å². The topological polar surface area (TPSA) is 377 Å². The van der Waals surface area contributed by atoms with Crippen molar-refractivity contribution in [3.05, 3.63) is 0 Å². The van der Waals surface area contributed by atoms with Crippen molar-refractivity contribution in [2.75, 3.05) is 0 Å². The number of hydrogen-bond acceptors (Lipinski definition) is 12. The van der Waals surface area contributed by atoms with Crippen LogP contribution in [-0.4, -0.2) is 139 Å². The fourth-order valence-corrected chi connectivity index (χ4v) is 0.810. The van der Waals surface area contributed by atoms with Crippen LogP contribution in [0, 0.1) is 76.3 Å². The Morgan fingerprint density at radius 1 is 0.333 bits per heavy atom. The summed E-state index contributed by atoms with van der Waals surface area (Å²) in [5, 5.41) is 97.6. The van der Waals surface area contributed by atoms with E-state index in [-0.39, 0.29) is 81.8 Å². The molecule has 0 rings (SSSR count). The van der Waals surface area contributed by atoms with Gasteiger partial charge in [0.25, 0.3) is 0 Å². The van der Waals surface area contributed by atoms with E-state index in [1.807, 2.05) is 0 Å². The summed E-state index contributed by atoms with van der Waals surface area (Å²) in [6, 6.07) is 0. The Morgan fingerprint density at radius 3 is 0.424 bits per heavy atom. The monoisotopic (exact) mass is 796 g/mol. The summed E-state index contributed by atoms with van der Waals surface area (Å²) in [4.78, 5) is 58.6. The molecule has 33 heavy (non-hydrogen) atoms. The SMILES string of the molecule is O.O=C(O)C(O)C(O)C(=O)O.O=C(O)C(O)C(O)C(=O)O.O=C(O)C(O)C(O)C(=O)O.[Dy].[Dy]. The molecule has 0 aromatic rings. The van der Waals surface area contributed by atoms with Crippen LogP contribution in [0.2, 0.25) is 0 Å². The Balaban J connectivity index is -0.0000000792. The van der Waals surface area contributed by atoms with Gasteiger partial charge >= 0.3 is 35.8 Å². The van der Waals surface area contributed by atoms with Gasteiger partial charge in [0, 0.05) is 76.3 Å². The average molecular weight is 793 g/mol. The molecular formula is C12H20Dy2O19. The van der Waals surface area contributed by atoms with Gasteiger partial charge in [0.2, 0.25) is 0 Å². The van der Waals surface area contributed by atoms with Gasteiger partial charge in [-0.1, -0.05) is 0 Å². The maximum Gasteiger partial charge on any atom is 0.335 e. The number of carboxylic acids is 6. The molecule has 0 aliphatic heterocycles. The second kappa shape index (κ2) is 22.9. The van der Waals surface area contributed by atoms with Crippen LogP contribution in [0.4, 0.5) is 0 Å². The summed E-state index contributed by atoms with van der Waals surface area (Å²) in [6.07, 6.45) is -13.6. The molecule has 0 spiro atoms. The molecule has 0 aliphatic rings. The van der Waals surface area contributed by atoms with Gasteiger partial charge in [0.1, 0.15) is 0 Å². The van der Waals surface area contributed by atoms with Crippen LogP contribution in [0.25, 0.3) is 0 Å². The van der Waals surface area contributed by atoms with Crippen molar-refractivity contribution in [2.45, 2.75) is 36.6 Å². The third-order valence-corrected chi connectivity index (χ3v) is 2.42. The Morgan fingerprint density at radius 2 is 0.394 bits per heavy atom. The van der Waals surface area contributed by atoms with E-state index in [2.05, 4.69) is 0 Å². The number of hydrogen-bond donors (Lipinski definition) is 12. The zero-order chi connectivity index (χ0) is 24.9. The molecule has 0 amide bonds. The number of aliphatic carboxylic acids is 6. The number of aliphatic hydroxyl groups excluding tert-OH is 6. The standard InChI is InChI=1S/3C4H6O6.2Dy.H2O/c3*5-1(3(7)8)2(6)4(9)10;;;/h3*1-2,5-6H,(H,7,8)(H,9,10);;;1H2. The molecule has 6 atom stereocenters. The summed E-state index contributed by atoms with van der Waals surface area (Å²) in [6.45, 7) is 0. The Kier molecular flexibility index (Phi) is 31.6. The molecular weight excluding hydrogens is 773 g/mol. The normalized spacial score (nSPS) is 14.4. The van der Waals surface area contributed by atoms with E-state index in [9.17, 15) is 28.8 Å². The van der Waals surface area contributed by atoms with Gasteiger partial charge in [-0.3, -0.25) is 0 Å². The van der Waals surface area contributed by atoms with Gasteiger partial charge < -0.3 is 66.8 Å². The fraction of sp³-hybridized carbons (Fsp3) is 0.500. The minimum atomic E-state index is -2.27. The molecule has 6 unspecified atom stereocenters. The van der Waals surface area contributed by atoms with Crippen molar-refractivity contribution < 1.29 is 172 Å². The Hall–Kier alpha value is -0.915. The molecule has 0 heterocycles. The first-order valence-corrected chi connectivity index (χ1v) is 6.85. The predicted molar refractivity (Wildman–Crippen MR) is 85.5 cm³/mol. The van der Waals surface area contributed by atoms with Crippen LogP contribution in [0.15, 0.2) is 0 Å². The van der Waals surface area contributed by atoms with E-state index in [4.69, 9.17) is 61.3 Å². The molecule has 0 radical (unpaired) electrons. The van der Waals surface area contributed by atoms with Gasteiger partial charge in [-0.25, -0.2) is 28.8 Å². The van der Waals surface area contributed by atoms with Crippen molar-refractivity contribution in [3.63, 3.8) is 0 Å². The smallest absolute Gasteiger partial charge is 0.335 e. The molecule has 0 saturated heterocycles. The minimum absolute atomic E-state index is 0. The largest absolute Gasteiger partial charge is 0.479 e. The molecule has 0 aliphatic carbocycles. The van der Waals surface area contributed by atoms with Crippen LogP contribution in [0.5, 0.6) is 0 Å². The summed E-state index contributed by atoms with van der Waals surface area (Å²) in [5.41, 5.74) is 0. The van der Waals surface area contributed by atoms with Gasteiger partial charge in [0.05, 0.1) is 0 Å².